The van der Waals surface area contributed by atoms with E-state index in [1.807, 2.05) is 12.1 Å². The second-order valence-electron chi connectivity index (χ2n) is 6.17. The minimum Gasteiger partial charge on any atom is -0.484 e. The molecule has 9 nitrogen and oxygen atoms in total. The molecular formula is C20H19N7O2. The van der Waals surface area contributed by atoms with Crippen LogP contribution in [0, 0.1) is 12.3 Å². The van der Waals surface area contributed by atoms with Gasteiger partial charge in [0.1, 0.15) is 25.4 Å². The number of hydrogen-bond acceptors (Lipinski definition) is 9. The van der Waals surface area contributed by atoms with Gasteiger partial charge < -0.3 is 20.1 Å². The van der Waals surface area contributed by atoms with Gasteiger partial charge in [0.25, 0.3) is 5.88 Å². The van der Waals surface area contributed by atoms with Crippen molar-refractivity contribution in [2.24, 2.45) is 0 Å². The maximum Gasteiger partial charge on any atom is 0.257 e. The third-order valence-corrected chi connectivity index (χ3v) is 4.37. The predicted molar refractivity (Wildman–Crippen MR) is 108 cm³/mol. The van der Waals surface area contributed by atoms with Crippen LogP contribution in [0.1, 0.15) is 11.5 Å². The number of nitrogens with one attached hydrogen (secondary N) is 2. The number of rotatable bonds is 6. The molecule has 0 amide bonds. The molecule has 0 aliphatic carbocycles. The van der Waals surface area contributed by atoms with Gasteiger partial charge in [-0.05, 0) is 6.07 Å². The zero-order chi connectivity index (χ0) is 20.1. The third kappa shape index (κ3) is 4.01. The van der Waals surface area contributed by atoms with E-state index in [1.54, 1.807) is 25.6 Å². The fraction of sp³-hybridized carbons (Fsp3) is 0.250. The number of anilines is 2. The van der Waals surface area contributed by atoms with Gasteiger partial charge in [-0.1, -0.05) is 5.92 Å². The Morgan fingerprint density at radius 2 is 1.97 bits per heavy atom. The summed E-state index contributed by atoms with van der Waals surface area (Å²) in [6, 6.07) is 3.68. The van der Waals surface area contributed by atoms with Crippen LogP contribution in [0.5, 0.6) is 11.6 Å². The molecule has 0 saturated carbocycles. The summed E-state index contributed by atoms with van der Waals surface area (Å²) < 4.78 is 11.3. The lowest BCUT2D eigenvalue weighted by molar-refractivity contribution is 0.162. The third-order valence-electron chi connectivity index (χ3n) is 4.37. The molecule has 29 heavy (non-hydrogen) atoms. The molecule has 0 unspecified atom stereocenters. The highest BCUT2D eigenvalue weighted by molar-refractivity contribution is 5.61. The highest BCUT2D eigenvalue weighted by Crippen LogP contribution is 2.35. The van der Waals surface area contributed by atoms with Crippen LogP contribution >= 0.6 is 0 Å². The van der Waals surface area contributed by atoms with E-state index < -0.39 is 0 Å². The SMILES string of the molecule is C#C[C@H](CNc1cc(-c2cnc(NC)nc2)ncn1)c1ccnc2c1OCCO2. The molecule has 1 aliphatic heterocycles. The van der Waals surface area contributed by atoms with Crippen molar-refractivity contribution in [3.8, 4) is 35.2 Å². The predicted octanol–water partition coefficient (Wildman–Crippen LogP) is 1.97. The molecule has 0 bridgehead atoms. The van der Waals surface area contributed by atoms with Gasteiger partial charge >= 0.3 is 0 Å². The van der Waals surface area contributed by atoms with E-state index in [2.05, 4.69) is 41.5 Å². The van der Waals surface area contributed by atoms with Gasteiger partial charge in [-0.3, -0.25) is 0 Å². The van der Waals surface area contributed by atoms with E-state index in [9.17, 15) is 0 Å². The number of fused-ring (bicyclic) bond motifs is 1. The van der Waals surface area contributed by atoms with Gasteiger partial charge in [0.2, 0.25) is 5.95 Å². The zero-order valence-corrected chi connectivity index (χ0v) is 15.8. The van der Waals surface area contributed by atoms with Crippen molar-refractivity contribution in [3.05, 3.63) is 42.6 Å². The van der Waals surface area contributed by atoms with Gasteiger partial charge in [0.05, 0.1) is 11.6 Å². The number of pyridine rings is 1. The molecule has 0 aromatic carbocycles. The van der Waals surface area contributed by atoms with E-state index in [0.717, 1.165) is 11.1 Å². The largest absolute Gasteiger partial charge is 0.484 e. The summed E-state index contributed by atoms with van der Waals surface area (Å²) in [5.41, 5.74) is 2.35. The molecule has 9 heteroatoms. The van der Waals surface area contributed by atoms with Crippen molar-refractivity contribution in [3.63, 3.8) is 0 Å². The lowest BCUT2D eigenvalue weighted by Crippen LogP contribution is -2.20. The molecule has 4 heterocycles. The number of ether oxygens (including phenoxy) is 2. The maximum absolute atomic E-state index is 5.79. The van der Waals surface area contributed by atoms with Crippen LogP contribution < -0.4 is 20.1 Å². The van der Waals surface area contributed by atoms with E-state index >= 15 is 0 Å². The number of terminal acetylenes is 1. The Bertz CT molecular complexity index is 1030. The molecule has 1 atom stereocenters. The average Bonchev–Trinajstić information content (AvgIpc) is 2.80. The van der Waals surface area contributed by atoms with Crippen LogP contribution in [-0.4, -0.2) is 51.7 Å². The molecule has 0 fully saturated rings. The summed E-state index contributed by atoms with van der Waals surface area (Å²) in [4.78, 5) is 21.2. The monoisotopic (exact) mass is 389 g/mol. The van der Waals surface area contributed by atoms with E-state index in [-0.39, 0.29) is 5.92 Å². The van der Waals surface area contributed by atoms with Crippen LogP contribution in [0.25, 0.3) is 11.3 Å². The molecule has 0 saturated heterocycles. The molecule has 4 rings (SSSR count). The Morgan fingerprint density at radius 1 is 1.14 bits per heavy atom. The van der Waals surface area contributed by atoms with E-state index in [1.165, 1.54) is 6.33 Å². The van der Waals surface area contributed by atoms with Crippen LogP contribution in [0.4, 0.5) is 11.8 Å². The average molecular weight is 389 g/mol. The first-order chi connectivity index (χ1) is 14.3. The summed E-state index contributed by atoms with van der Waals surface area (Å²) in [6.07, 6.45) is 12.4. The van der Waals surface area contributed by atoms with Gasteiger partial charge in [-0.2, -0.15) is 0 Å². The minimum atomic E-state index is -0.245. The number of aromatic nitrogens is 5. The Balaban J connectivity index is 1.50. The normalized spacial score (nSPS) is 13.2. The summed E-state index contributed by atoms with van der Waals surface area (Å²) >= 11 is 0. The van der Waals surface area contributed by atoms with E-state index in [4.69, 9.17) is 15.9 Å². The van der Waals surface area contributed by atoms with Crippen LogP contribution in [0.15, 0.2) is 37.1 Å². The minimum absolute atomic E-state index is 0.245. The first-order valence-corrected chi connectivity index (χ1v) is 9.05. The van der Waals surface area contributed by atoms with Crippen molar-refractivity contribution in [1.29, 1.82) is 0 Å². The molecule has 0 radical (unpaired) electrons. The van der Waals surface area contributed by atoms with Gasteiger partial charge in [-0.15, -0.1) is 6.42 Å². The molecule has 3 aromatic heterocycles. The topological polar surface area (TPSA) is 107 Å². The highest BCUT2D eigenvalue weighted by Gasteiger charge is 2.22. The van der Waals surface area contributed by atoms with Crippen molar-refractivity contribution in [1.82, 2.24) is 24.9 Å². The molecule has 0 spiro atoms. The summed E-state index contributed by atoms with van der Waals surface area (Å²) in [7, 11) is 1.76. The second-order valence-corrected chi connectivity index (χ2v) is 6.17. The number of nitrogens with zero attached hydrogens (tertiary/aromatic N) is 5. The molecule has 1 aliphatic rings. The lowest BCUT2D eigenvalue weighted by Gasteiger charge is -2.22. The Kier molecular flexibility index (Phi) is 5.33. The summed E-state index contributed by atoms with van der Waals surface area (Å²) in [5.74, 6) is 4.83. The molecule has 2 N–H and O–H groups in total. The number of hydrogen-bond donors (Lipinski definition) is 2. The highest BCUT2D eigenvalue weighted by atomic mass is 16.6. The van der Waals surface area contributed by atoms with Crippen LogP contribution in [-0.2, 0) is 0 Å². The van der Waals surface area contributed by atoms with E-state index in [0.29, 0.717) is 48.8 Å². The quantitative estimate of drug-likeness (QED) is 0.612. The Morgan fingerprint density at radius 3 is 2.76 bits per heavy atom. The van der Waals surface area contributed by atoms with Crippen LogP contribution in [0.3, 0.4) is 0 Å². The summed E-state index contributed by atoms with van der Waals surface area (Å²) in [5, 5.41) is 6.15. The first-order valence-electron chi connectivity index (χ1n) is 9.05. The van der Waals surface area contributed by atoms with Gasteiger partial charge in [0, 0.05) is 49.4 Å². The molecular weight excluding hydrogens is 370 g/mol. The second kappa shape index (κ2) is 8.39. The fourth-order valence-corrected chi connectivity index (χ4v) is 2.91. The molecule has 3 aromatic rings. The van der Waals surface area contributed by atoms with Gasteiger partial charge in [-0.25, -0.2) is 24.9 Å². The van der Waals surface area contributed by atoms with Crippen molar-refractivity contribution in [2.75, 3.05) is 37.4 Å². The summed E-state index contributed by atoms with van der Waals surface area (Å²) in [6.45, 7) is 1.41. The first kappa shape index (κ1) is 18.4. The zero-order valence-electron chi connectivity index (χ0n) is 15.8. The van der Waals surface area contributed by atoms with Crippen molar-refractivity contribution >= 4 is 11.8 Å². The standard InChI is InChI=1S/C20H19N7O2/c1-3-13(15-4-5-22-19-18(15)28-6-7-29-19)9-23-17-8-16(26-12-27-17)14-10-24-20(21-2)25-11-14/h1,4-5,8,10-13H,6-7,9H2,2H3,(H,21,24,25)(H,23,26,27)/t13-/m1/s1. The lowest BCUT2D eigenvalue weighted by atomic mass is 10.00. The Hall–Kier alpha value is -3.93. The Labute approximate surface area is 168 Å². The van der Waals surface area contributed by atoms with Crippen LogP contribution in [0.2, 0.25) is 0 Å². The molecule has 146 valence electrons. The smallest absolute Gasteiger partial charge is 0.257 e. The van der Waals surface area contributed by atoms with Gasteiger partial charge in [0.15, 0.2) is 5.75 Å². The maximum atomic E-state index is 5.79. The van der Waals surface area contributed by atoms with Crippen molar-refractivity contribution < 1.29 is 9.47 Å². The fourth-order valence-electron chi connectivity index (χ4n) is 2.91. The van der Waals surface area contributed by atoms with Crippen molar-refractivity contribution in [2.45, 2.75) is 5.92 Å².